The van der Waals surface area contributed by atoms with Crippen molar-refractivity contribution in [3.63, 3.8) is 0 Å². The van der Waals surface area contributed by atoms with Crippen molar-refractivity contribution in [2.24, 2.45) is 0 Å². The van der Waals surface area contributed by atoms with Crippen molar-refractivity contribution in [1.29, 1.82) is 0 Å². The molecule has 3 aromatic rings. The smallest absolute Gasteiger partial charge is 0.123 e. The van der Waals surface area contributed by atoms with Gasteiger partial charge in [-0.2, -0.15) is 0 Å². The van der Waals surface area contributed by atoms with E-state index in [1.807, 2.05) is 25.4 Å². The Balaban J connectivity index is 2.31. The van der Waals surface area contributed by atoms with Gasteiger partial charge in [0, 0.05) is 40.6 Å². The average Bonchev–Trinajstić information content (AvgIpc) is 2.72. The number of aromatic nitrogens is 2. The lowest BCUT2D eigenvalue weighted by Crippen LogP contribution is -1.83. The summed E-state index contributed by atoms with van der Waals surface area (Å²) < 4.78 is 13.3. The van der Waals surface area contributed by atoms with Crippen LogP contribution < -0.4 is 0 Å². The minimum Gasteiger partial charge on any atom is -0.361 e. The molecule has 0 unspecified atom stereocenters. The molecule has 0 saturated heterocycles. The summed E-state index contributed by atoms with van der Waals surface area (Å²) in [6.07, 6.45) is 5.46. The number of fused-ring (bicyclic) bond motifs is 1. The molecule has 2 nitrogen and oxygen atoms in total. The number of aryl methyl sites for hydroxylation is 1. The molecule has 0 aliphatic rings. The SMILES string of the molecule is Cc1ccncc1-c1c[nH]c2ccc(F)cc12. The average molecular weight is 226 g/mol. The lowest BCUT2D eigenvalue weighted by Gasteiger charge is -2.03. The van der Waals surface area contributed by atoms with Crippen LogP contribution in [-0.2, 0) is 0 Å². The van der Waals surface area contributed by atoms with Crippen molar-refractivity contribution in [3.05, 3.63) is 54.2 Å². The van der Waals surface area contributed by atoms with Gasteiger partial charge in [-0.15, -0.1) is 0 Å². The molecule has 0 atom stereocenters. The summed E-state index contributed by atoms with van der Waals surface area (Å²) in [6.45, 7) is 2.02. The first kappa shape index (κ1) is 10.0. The Morgan fingerprint density at radius 1 is 1.18 bits per heavy atom. The third kappa shape index (κ3) is 1.60. The number of nitrogens with zero attached hydrogens (tertiary/aromatic N) is 1. The fourth-order valence-electron chi connectivity index (χ4n) is 2.06. The van der Waals surface area contributed by atoms with Crippen molar-refractivity contribution in [2.45, 2.75) is 6.92 Å². The molecule has 17 heavy (non-hydrogen) atoms. The summed E-state index contributed by atoms with van der Waals surface area (Å²) in [7, 11) is 0. The van der Waals surface area contributed by atoms with Crippen molar-refractivity contribution >= 4 is 10.9 Å². The number of hydrogen-bond donors (Lipinski definition) is 1. The molecule has 1 N–H and O–H groups in total. The van der Waals surface area contributed by atoms with Gasteiger partial charge in [0.25, 0.3) is 0 Å². The van der Waals surface area contributed by atoms with Crippen LogP contribution in [0.3, 0.4) is 0 Å². The zero-order valence-electron chi connectivity index (χ0n) is 9.37. The second-order valence-electron chi connectivity index (χ2n) is 4.08. The van der Waals surface area contributed by atoms with Gasteiger partial charge < -0.3 is 4.98 Å². The van der Waals surface area contributed by atoms with Gasteiger partial charge >= 0.3 is 0 Å². The number of pyridine rings is 1. The maximum Gasteiger partial charge on any atom is 0.123 e. The van der Waals surface area contributed by atoms with E-state index in [-0.39, 0.29) is 5.82 Å². The van der Waals surface area contributed by atoms with Gasteiger partial charge in [0.1, 0.15) is 5.82 Å². The van der Waals surface area contributed by atoms with Crippen LogP contribution in [0.1, 0.15) is 5.56 Å². The Morgan fingerprint density at radius 2 is 2.06 bits per heavy atom. The molecule has 3 rings (SSSR count). The number of nitrogens with one attached hydrogen (secondary N) is 1. The van der Waals surface area contributed by atoms with Gasteiger partial charge in [0.2, 0.25) is 0 Å². The van der Waals surface area contributed by atoms with E-state index in [0.29, 0.717) is 0 Å². The monoisotopic (exact) mass is 226 g/mol. The summed E-state index contributed by atoms with van der Waals surface area (Å²) >= 11 is 0. The van der Waals surface area contributed by atoms with Gasteiger partial charge in [-0.1, -0.05) is 0 Å². The van der Waals surface area contributed by atoms with E-state index in [1.165, 1.54) is 6.07 Å². The van der Waals surface area contributed by atoms with Crippen LogP contribution >= 0.6 is 0 Å². The molecule has 0 aliphatic carbocycles. The number of rotatable bonds is 1. The molecule has 1 aromatic carbocycles. The Morgan fingerprint density at radius 3 is 2.88 bits per heavy atom. The maximum atomic E-state index is 13.3. The van der Waals surface area contributed by atoms with Crippen molar-refractivity contribution in [1.82, 2.24) is 9.97 Å². The zero-order valence-corrected chi connectivity index (χ0v) is 9.37. The molecule has 3 heteroatoms. The minimum absolute atomic E-state index is 0.222. The van der Waals surface area contributed by atoms with Crippen molar-refractivity contribution in [2.75, 3.05) is 0 Å². The molecule has 0 fully saturated rings. The van der Waals surface area contributed by atoms with Crippen LogP contribution in [0.4, 0.5) is 4.39 Å². The van der Waals surface area contributed by atoms with E-state index in [2.05, 4.69) is 9.97 Å². The standard InChI is InChI=1S/C14H11FN2/c1-9-4-5-16-7-12(9)13-8-17-14-3-2-10(15)6-11(13)14/h2-8,17H,1H3. The highest BCUT2D eigenvalue weighted by Gasteiger charge is 2.08. The molecular formula is C14H11FN2. The van der Waals surface area contributed by atoms with Crippen LogP contribution in [0, 0.1) is 12.7 Å². The van der Waals surface area contributed by atoms with Crippen LogP contribution in [0.5, 0.6) is 0 Å². The maximum absolute atomic E-state index is 13.3. The van der Waals surface area contributed by atoms with Gasteiger partial charge in [-0.3, -0.25) is 4.98 Å². The van der Waals surface area contributed by atoms with Gasteiger partial charge in [-0.25, -0.2) is 4.39 Å². The van der Waals surface area contributed by atoms with Crippen LogP contribution in [0.25, 0.3) is 22.0 Å². The fraction of sp³-hybridized carbons (Fsp3) is 0.0714. The normalized spacial score (nSPS) is 10.9. The second-order valence-corrected chi connectivity index (χ2v) is 4.08. The number of hydrogen-bond acceptors (Lipinski definition) is 1. The van der Waals surface area contributed by atoms with E-state index in [4.69, 9.17) is 0 Å². The van der Waals surface area contributed by atoms with Crippen LogP contribution in [0.15, 0.2) is 42.9 Å². The number of aromatic amines is 1. The molecule has 2 heterocycles. The Hall–Kier alpha value is -2.16. The molecule has 84 valence electrons. The molecule has 2 aromatic heterocycles. The predicted molar refractivity (Wildman–Crippen MR) is 66.2 cm³/mol. The third-order valence-corrected chi connectivity index (χ3v) is 2.97. The van der Waals surface area contributed by atoms with Crippen LogP contribution in [-0.4, -0.2) is 9.97 Å². The number of halogens is 1. The highest BCUT2D eigenvalue weighted by molar-refractivity contribution is 5.96. The molecule has 0 radical (unpaired) electrons. The summed E-state index contributed by atoms with van der Waals surface area (Å²) in [5.74, 6) is -0.222. The highest BCUT2D eigenvalue weighted by Crippen LogP contribution is 2.30. The molecule has 0 aliphatic heterocycles. The summed E-state index contributed by atoms with van der Waals surface area (Å²) in [6, 6.07) is 6.71. The lowest BCUT2D eigenvalue weighted by molar-refractivity contribution is 0.630. The zero-order chi connectivity index (χ0) is 11.8. The third-order valence-electron chi connectivity index (χ3n) is 2.97. The fourth-order valence-corrected chi connectivity index (χ4v) is 2.06. The Labute approximate surface area is 98.1 Å². The summed E-state index contributed by atoms with van der Waals surface area (Å²) in [5, 5.41) is 0.890. The quantitative estimate of drug-likeness (QED) is 0.673. The van der Waals surface area contributed by atoms with Gasteiger partial charge in [-0.05, 0) is 36.8 Å². The molecule has 0 amide bonds. The topological polar surface area (TPSA) is 28.7 Å². The first-order valence-electron chi connectivity index (χ1n) is 5.43. The van der Waals surface area contributed by atoms with Crippen molar-refractivity contribution < 1.29 is 4.39 Å². The number of H-pyrrole nitrogens is 1. The van der Waals surface area contributed by atoms with E-state index < -0.39 is 0 Å². The first-order valence-corrected chi connectivity index (χ1v) is 5.43. The minimum atomic E-state index is -0.222. The summed E-state index contributed by atoms with van der Waals surface area (Å²) in [4.78, 5) is 7.27. The van der Waals surface area contributed by atoms with E-state index in [1.54, 1.807) is 18.3 Å². The largest absolute Gasteiger partial charge is 0.361 e. The highest BCUT2D eigenvalue weighted by atomic mass is 19.1. The Bertz CT molecular complexity index is 686. The van der Waals surface area contributed by atoms with Crippen molar-refractivity contribution in [3.8, 4) is 11.1 Å². The molecular weight excluding hydrogens is 215 g/mol. The lowest BCUT2D eigenvalue weighted by atomic mass is 10.0. The van der Waals surface area contributed by atoms with Crippen LogP contribution in [0.2, 0.25) is 0 Å². The predicted octanol–water partition coefficient (Wildman–Crippen LogP) is 3.68. The van der Waals surface area contributed by atoms with Gasteiger partial charge in [0.15, 0.2) is 0 Å². The first-order chi connectivity index (χ1) is 8.25. The molecule has 0 spiro atoms. The number of benzene rings is 1. The molecule has 0 saturated carbocycles. The van der Waals surface area contributed by atoms with Gasteiger partial charge in [0.05, 0.1) is 0 Å². The second kappa shape index (κ2) is 3.70. The molecule has 0 bridgehead atoms. The van der Waals surface area contributed by atoms with E-state index in [0.717, 1.165) is 27.6 Å². The summed E-state index contributed by atoms with van der Waals surface area (Å²) in [5.41, 5.74) is 4.09. The Kier molecular flexibility index (Phi) is 2.18. The van der Waals surface area contributed by atoms with E-state index in [9.17, 15) is 4.39 Å². The van der Waals surface area contributed by atoms with E-state index >= 15 is 0 Å².